The van der Waals surface area contributed by atoms with Crippen molar-refractivity contribution in [2.24, 2.45) is 5.92 Å². The van der Waals surface area contributed by atoms with Crippen LogP contribution in [0.2, 0.25) is 0 Å². The van der Waals surface area contributed by atoms with E-state index in [1.807, 2.05) is 30.3 Å². The summed E-state index contributed by atoms with van der Waals surface area (Å²) in [6, 6.07) is 13.8. The van der Waals surface area contributed by atoms with E-state index in [2.05, 4.69) is 11.4 Å². The summed E-state index contributed by atoms with van der Waals surface area (Å²) in [6.45, 7) is 1.66. The summed E-state index contributed by atoms with van der Waals surface area (Å²) >= 11 is 0. The molecule has 6 heteroatoms. The van der Waals surface area contributed by atoms with Crippen LogP contribution in [0.3, 0.4) is 0 Å². The largest absolute Gasteiger partial charge is 0.497 e. The molecular formula is C23H24N2O4. The summed E-state index contributed by atoms with van der Waals surface area (Å²) in [7, 11) is 1.66. The average molecular weight is 392 g/mol. The van der Waals surface area contributed by atoms with Gasteiger partial charge in [-0.3, -0.25) is 9.59 Å². The van der Waals surface area contributed by atoms with E-state index in [0.717, 1.165) is 22.1 Å². The molecule has 6 nitrogen and oxygen atoms in total. The van der Waals surface area contributed by atoms with Crippen molar-refractivity contribution in [3.63, 3.8) is 0 Å². The van der Waals surface area contributed by atoms with Crippen LogP contribution in [-0.2, 0) is 11.3 Å². The second-order valence-electron chi connectivity index (χ2n) is 7.34. The van der Waals surface area contributed by atoms with Gasteiger partial charge in [0.25, 0.3) is 5.91 Å². The van der Waals surface area contributed by atoms with Gasteiger partial charge in [-0.2, -0.15) is 0 Å². The van der Waals surface area contributed by atoms with Crippen LogP contribution in [0.1, 0.15) is 28.8 Å². The molecule has 1 aliphatic heterocycles. The fourth-order valence-electron chi connectivity index (χ4n) is 3.76. The van der Waals surface area contributed by atoms with Gasteiger partial charge in [0, 0.05) is 25.6 Å². The minimum atomic E-state index is -0.0619. The minimum absolute atomic E-state index is 0.0367. The van der Waals surface area contributed by atoms with Crippen LogP contribution in [0, 0.1) is 5.92 Å². The summed E-state index contributed by atoms with van der Waals surface area (Å²) in [4.78, 5) is 26.7. The van der Waals surface area contributed by atoms with E-state index in [4.69, 9.17) is 9.15 Å². The maximum atomic E-state index is 12.6. The summed E-state index contributed by atoms with van der Waals surface area (Å²) in [5.74, 6) is 0.782. The molecule has 0 aliphatic carbocycles. The van der Waals surface area contributed by atoms with Crippen molar-refractivity contribution in [3.05, 3.63) is 66.1 Å². The first-order chi connectivity index (χ1) is 14.1. The molecule has 150 valence electrons. The van der Waals surface area contributed by atoms with E-state index in [1.54, 1.807) is 18.1 Å². The molecule has 1 fully saturated rings. The quantitative estimate of drug-likeness (QED) is 0.720. The number of nitrogens with one attached hydrogen (secondary N) is 1. The Kier molecular flexibility index (Phi) is 5.51. The van der Waals surface area contributed by atoms with Crippen molar-refractivity contribution in [1.29, 1.82) is 0 Å². The monoisotopic (exact) mass is 392 g/mol. The Balaban J connectivity index is 1.30. The number of ether oxygens (including phenoxy) is 1. The zero-order chi connectivity index (χ0) is 20.2. The molecule has 4 rings (SSSR count). The first kappa shape index (κ1) is 19.1. The first-order valence-corrected chi connectivity index (χ1v) is 9.80. The normalized spacial score (nSPS) is 14.7. The van der Waals surface area contributed by atoms with E-state index in [1.165, 1.54) is 12.5 Å². The maximum absolute atomic E-state index is 12.6. The lowest BCUT2D eigenvalue weighted by molar-refractivity contribution is -0.126. The molecule has 1 aliphatic rings. The van der Waals surface area contributed by atoms with Crippen LogP contribution < -0.4 is 10.1 Å². The fourth-order valence-corrected chi connectivity index (χ4v) is 3.76. The van der Waals surface area contributed by atoms with Crippen LogP contribution in [0.5, 0.6) is 5.75 Å². The lowest BCUT2D eigenvalue weighted by Gasteiger charge is -2.31. The van der Waals surface area contributed by atoms with E-state index in [9.17, 15) is 9.59 Å². The highest BCUT2D eigenvalue weighted by molar-refractivity contribution is 5.94. The highest BCUT2D eigenvalue weighted by Gasteiger charge is 2.28. The molecule has 1 aromatic heterocycles. The van der Waals surface area contributed by atoms with Crippen molar-refractivity contribution in [2.75, 3.05) is 20.2 Å². The Morgan fingerprint density at radius 1 is 1.10 bits per heavy atom. The third-order valence-corrected chi connectivity index (χ3v) is 5.50. The molecule has 0 spiro atoms. The van der Waals surface area contributed by atoms with Gasteiger partial charge in [0.1, 0.15) is 12.0 Å². The Labute approximate surface area is 169 Å². The maximum Gasteiger partial charge on any atom is 0.257 e. The number of likely N-dealkylation sites (tertiary alicyclic amines) is 1. The standard InChI is InChI=1S/C23H24N2O4/c1-28-21-5-4-18-12-16(2-3-19(18)13-21)14-24-22(26)17-6-9-25(10-7-17)23(27)20-8-11-29-15-20/h2-5,8,11-13,15,17H,6-7,9-10,14H2,1H3,(H,24,26). The van der Waals surface area contributed by atoms with Gasteiger partial charge in [0.15, 0.2) is 0 Å². The number of hydrogen-bond donors (Lipinski definition) is 1. The molecule has 0 radical (unpaired) electrons. The van der Waals surface area contributed by atoms with Gasteiger partial charge < -0.3 is 19.4 Å². The number of rotatable bonds is 5. The molecule has 0 atom stereocenters. The number of fused-ring (bicyclic) bond motifs is 1. The topological polar surface area (TPSA) is 71.8 Å². The number of carbonyl (C=O) groups excluding carboxylic acids is 2. The van der Waals surface area contributed by atoms with Gasteiger partial charge in [-0.25, -0.2) is 0 Å². The zero-order valence-electron chi connectivity index (χ0n) is 16.4. The van der Waals surface area contributed by atoms with Gasteiger partial charge in [0.2, 0.25) is 5.91 Å². The average Bonchev–Trinajstić information content (AvgIpc) is 3.31. The lowest BCUT2D eigenvalue weighted by Crippen LogP contribution is -2.42. The van der Waals surface area contributed by atoms with Gasteiger partial charge in [-0.15, -0.1) is 0 Å². The summed E-state index contributed by atoms with van der Waals surface area (Å²) < 4.78 is 10.2. The van der Waals surface area contributed by atoms with Gasteiger partial charge >= 0.3 is 0 Å². The van der Waals surface area contributed by atoms with Gasteiger partial charge in [0.05, 0.1) is 18.9 Å². The van der Waals surface area contributed by atoms with Crippen molar-refractivity contribution in [3.8, 4) is 5.75 Å². The molecule has 2 heterocycles. The lowest BCUT2D eigenvalue weighted by atomic mass is 9.95. The number of amides is 2. The van der Waals surface area contributed by atoms with Crippen molar-refractivity contribution in [1.82, 2.24) is 10.2 Å². The van der Waals surface area contributed by atoms with E-state index in [-0.39, 0.29) is 17.7 Å². The minimum Gasteiger partial charge on any atom is -0.497 e. The number of piperidine rings is 1. The van der Waals surface area contributed by atoms with E-state index >= 15 is 0 Å². The van der Waals surface area contributed by atoms with Crippen LogP contribution in [0.25, 0.3) is 10.8 Å². The number of nitrogens with zero attached hydrogens (tertiary/aromatic N) is 1. The number of benzene rings is 2. The third-order valence-electron chi connectivity index (χ3n) is 5.50. The van der Waals surface area contributed by atoms with Gasteiger partial charge in [-0.1, -0.05) is 18.2 Å². The first-order valence-electron chi connectivity index (χ1n) is 9.80. The van der Waals surface area contributed by atoms with Crippen LogP contribution in [-0.4, -0.2) is 36.9 Å². The molecule has 0 unspecified atom stereocenters. The number of methoxy groups -OCH3 is 1. The second kappa shape index (κ2) is 8.39. The predicted octanol–water partition coefficient (Wildman–Crippen LogP) is 3.61. The predicted molar refractivity (Wildman–Crippen MR) is 110 cm³/mol. The Hall–Kier alpha value is -3.28. The van der Waals surface area contributed by atoms with E-state index < -0.39 is 0 Å². The second-order valence-corrected chi connectivity index (χ2v) is 7.34. The number of hydrogen-bond acceptors (Lipinski definition) is 4. The molecule has 0 bridgehead atoms. The fraction of sp³-hybridized carbons (Fsp3) is 0.304. The molecule has 2 aromatic carbocycles. The molecular weight excluding hydrogens is 368 g/mol. The smallest absolute Gasteiger partial charge is 0.257 e. The van der Waals surface area contributed by atoms with Crippen LogP contribution in [0.4, 0.5) is 0 Å². The number of carbonyl (C=O) groups is 2. The molecule has 1 saturated heterocycles. The van der Waals surface area contributed by atoms with Crippen LogP contribution >= 0.6 is 0 Å². The highest BCUT2D eigenvalue weighted by Crippen LogP contribution is 2.23. The number of furan rings is 1. The van der Waals surface area contributed by atoms with Crippen LogP contribution in [0.15, 0.2) is 59.4 Å². The molecule has 0 saturated carbocycles. The summed E-state index contributed by atoms with van der Waals surface area (Å²) in [6.07, 6.45) is 4.30. The molecule has 2 amide bonds. The Morgan fingerprint density at radius 3 is 2.59 bits per heavy atom. The molecule has 3 aromatic rings. The molecule has 29 heavy (non-hydrogen) atoms. The van der Waals surface area contributed by atoms with Crippen molar-refractivity contribution in [2.45, 2.75) is 19.4 Å². The third kappa shape index (κ3) is 4.26. The highest BCUT2D eigenvalue weighted by atomic mass is 16.5. The Bertz CT molecular complexity index is 1000. The Morgan fingerprint density at radius 2 is 1.86 bits per heavy atom. The SMILES string of the molecule is COc1ccc2cc(CNC(=O)C3CCN(C(=O)c4ccoc4)CC3)ccc2c1. The zero-order valence-corrected chi connectivity index (χ0v) is 16.4. The van der Waals surface area contributed by atoms with Gasteiger partial charge in [-0.05, 0) is 53.4 Å². The van der Waals surface area contributed by atoms with E-state index in [0.29, 0.717) is 38.0 Å². The molecule has 1 N–H and O–H groups in total. The van der Waals surface area contributed by atoms with Crippen molar-refractivity contribution >= 4 is 22.6 Å². The van der Waals surface area contributed by atoms with Crippen molar-refractivity contribution < 1.29 is 18.7 Å². The summed E-state index contributed by atoms with van der Waals surface area (Å²) in [5.41, 5.74) is 1.62. The summed E-state index contributed by atoms with van der Waals surface area (Å²) in [5, 5.41) is 5.27.